The van der Waals surface area contributed by atoms with Gasteiger partial charge in [-0.2, -0.15) is 0 Å². The largest absolute Gasteiger partial charge is 0.354 e. The molecule has 7 nitrogen and oxygen atoms in total. The number of likely N-dealkylation sites (N-methyl/N-ethyl adjacent to an activating group) is 1. The van der Waals surface area contributed by atoms with E-state index in [0.29, 0.717) is 29.8 Å². The van der Waals surface area contributed by atoms with E-state index in [0.717, 1.165) is 5.56 Å². The Bertz CT molecular complexity index is 1040. The Morgan fingerprint density at radius 2 is 1.84 bits per heavy atom. The van der Waals surface area contributed by atoms with Gasteiger partial charge in [0.1, 0.15) is 12.4 Å². The number of benzene rings is 2. The minimum absolute atomic E-state index is 0.0984. The summed E-state index contributed by atoms with van der Waals surface area (Å²) in [6.45, 7) is 0.539. The monoisotopic (exact) mass is 422 g/mol. The minimum atomic E-state index is -0.682. The molecule has 4 rings (SSSR count). The molecule has 160 valence electrons. The zero-order valence-electron chi connectivity index (χ0n) is 17.1. The number of carbonyl (C=O) groups excluding carboxylic acids is 3. The molecule has 31 heavy (non-hydrogen) atoms. The number of hydrogen-bond acceptors (Lipinski definition) is 3. The van der Waals surface area contributed by atoms with Gasteiger partial charge in [0.15, 0.2) is 0 Å². The maximum atomic E-state index is 13.3. The second-order valence-electron chi connectivity index (χ2n) is 7.60. The molecule has 0 aliphatic carbocycles. The van der Waals surface area contributed by atoms with Crippen LogP contribution in [0.25, 0.3) is 0 Å². The van der Waals surface area contributed by atoms with E-state index in [4.69, 9.17) is 0 Å². The van der Waals surface area contributed by atoms with Gasteiger partial charge in [-0.15, -0.1) is 0 Å². The third kappa shape index (κ3) is 4.28. The van der Waals surface area contributed by atoms with Gasteiger partial charge in [-0.3, -0.25) is 14.5 Å². The molecule has 4 amide bonds. The van der Waals surface area contributed by atoms with Crippen molar-refractivity contribution >= 4 is 17.8 Å². The van der Waals surface area contributed by atoms with Crippen LogP contribution in [0.15, 0.2) is 65.9 Å². The number of amides is 4. The van der Waals surface area contributed by atoms with Crippen molar-refractivity contribution in [3.8, 4) is 0 Å². The lowest BCUT2D eigenvalue weighted by atomic mass is 9.96. The van der Waals surface area contributed by atoms with Crippen LogP contribution in [0.3, 0.4) is 0 Å². The first-order chi connectivity index (χ1) is 14.9. The topological polar surface area (TPSA) is 81.8 Å². The highest BCUT2D eigenvalue weighted by Gasteiger charge is 2.43. The van der Waals surface area contributed by atoms with E-state index < -0.39 is 11.9 Å². The molecule has 0 aromatic heterocycles. The summed E-state index contributed by atoms with van der Waals surface area (Å²) in [7, 11) is 1.59. The summed E-state index contributed by atoms with van der Waals surface area (Å²) in [6.07, 6.45) is 0.697. The highest BCUT2D eigenvalue weighted by Crippen LogP contribution is 2.35. The maximum absolute atomic E-state index is 13.3. The molecule has 1 unspecified atom stereocenters. The van der Waals surface area contributed by atoms with Crippen molar-refractivity contribution in [2.24, 2.45) is 0 Å². The van der Waals surface area contributed by atoms with E-state index in [9.17, 15) is 18.8 Å². The summed E-state index contributed by atoms with van der Waals surface area (Å²) in [5.41, 5.74) is 2.69. The van der Waals surface area contributed by atoms with Crippen LogP contribution in [-0.4, -0.2) is 54.3 Å². The van der Waals surface area contributed by atoms with Crippen molar-refractivity contribution in [3.63, 3.8) is 0 Å². The van der Waals surface area contributed by atoms with Gasteiger partial charge in [0, 0.05) is 13.6 Å². The van der Waals surface area contributed by atoms with Crippen LogP contribution in [0.5, 0.6) is 0 Å². The first-order valence-corrected chi connectivity index (χ1v) is 10.1. The Morgan fingerprint density at radius 3 is 2.55 bits per heavy atom. The minimum Gasteiger partial charge on any atom is -0.354 e. The Balaban J connectivity index is 1.43. The van der Waals surface area contributed by atoms with E-state index in [-0.39, 0.29) is 30.9 Å². The van der Waals surface area contributed by atoms with Crippen LogP contribution in [0.4, 0.5) is 9.18 Å². The number of nitrogens with zero attached hydrogens (tertiary/aromatic N) is 2. The van der Waals surface area contributed by atoms with Gasteiger partial charge >= 0.3 is 6.03 Å². The van der Waals surface area contributed by atoms with Crippen molar-refractivity contribution in [1.29, 1.82) is 0 Å². The molecular weight excluding hydrogens is 399 g/mol. The van der Waals surface area contributed by atoms with Crippen molar-refractivity contribution in [1.82, 2.24) is 20.4 Å². The Kier molecular flexibility index (Phi) is 5.70. The summed E-state index contributed by atoms with van der Waals surface area (Å²) >= 11 is 0. The first kappa shape index (κ1) is 20.6. The molecular formula is C23H23FN4O3. The summed E-state index contributed by atoms with van der Waals surface area (Å²) in [4.78, 5) is 40.7. The number of carbonyl (C=O) groups is 3. The van der Waals surface area contributed by atoms with E-state index in [1.807, 2.05) is 30.3 Å². The molecule has 0 bridgehead atoms. The fourth-order valence-corrected chi connectivity index (χ4v) is 3.88. The second kappa shape index (κ2) is 8.59. The summed E-state index contributed by atoms with van der Waals surface area (Å²) in [5, 5.41) is 5.63. The number of urea groups is 1. The molecule has 2 aromatic rings. The lowest BCUT2D eigenvalue weighted by molar-refractivity contribution is -0.131. The summed E-state index contributed by atoms with van der Waals surface area (Å²) in [6, 6.07) is 14.4. The lowest BCUT2D eigenvalue weighted by Crippen LogP contribution is -2.45. The molecule has 2 aliphatic rings. The number of nitrogens with one attached hydrogen (secondary N) is 2. The van der Waals surface area contributed by atoms with E-state index >= 15 is 0 Å². The fraction of sp³-hybridized carbons (Fsp3) is 0.261. The highest BCUT2D eigenvalue weighted by molar-refractivity contribution is 6.02. The van der Waals surface area contributed by atoms with Crippen molar-refractivity contribution in [2.75, 3.05) is 26.7 Å². The van der Waals surface area contributed by atoms with E-state index in [2.05, 4.69) is 10.6 Å². The van der Waals surface area contributed by atoms with Crippen LogP contribution >= 0.6 is 0 Å². The molecule has 0 saturated carbocycles. The van der Waals surface area contributed by atoms with Crippen LogP contribution < -0.4 is 10.6 Å². The molecule has 8 heteroatoms. The van der Waals surface area contributed by atoms with Gasteiger partial charge in [0.25, 0.3) is 5.91 Å². The summed E-state index contributed by atoms with van der Waals surface area (Å²) in [5.74, 6) is -0.970. The summed E-state index contributed by atoms with van der Waals surface area (Å²) < 4.78 is 13.3. The fourth-order valence-electron chi connectivity index (χ4n) is 3.88. The standard InChI is InChI=1S/C23H23FN4O3/c1-27-18-13-28(14-19(29)25-12-11-15-5-3-2-4-6-15)22(30)20(18)21(26-23(27)31)16-7-9-17(24)10-8-16/h2-10,21H,11-14H2,1H3,(H,25,29)(H,26,31). The Labute approximate surface area is 179 Å². The second-order valence-corrected chi connectivity index (χ2v) is 7.60. The van der Waals surface area contributed by atoms with Gasteiger partial charge in [-0.25, -0.2) is 9.18 Å². The van der Waals surface area contributed by atoms with E-state index in [1.54, 1.807) is 19.2 Å². The smallest absolute Gasteiger partial charge is 0.322 e. The van der Waals surface area contributed by atoms with Crippen molar-refractivity contribution in [2.45, 2.75) is 12.5 Å². The van der Waals surface area contributed by atoms with Gasteiger partial charge in [0.05, 0.1) is 23.9 Å². The van der Waals surface area contributed by atoms with Gasteiger partial charge < -0.3 is 15.5 Å². The quantitative estimate of drug-likeness (QED) is 0.747. The molecule has 0 radical (unpaired) electrons. The van der Waals surface area contributed by atoms with Crippen molar-refractivity contribution in [3.05, 3.63) is 82.8 Å². The maximum Gasteiger partial charge on any atom is 0.322 e. The van der Waals surface area contributed by atoms with Crippen LogP contribution in [0, 0.1) is 5.82 Å². The van der Waals surface area contributed by atoms with Gasteiger partial charge in [-0.05, 0) is 29.7 Å². The van der Waals surface area contributed by atoms with Gasteiger partial charge in [-0.1, -0.05) is 42.5 Å². The third-order valence-corrected chi connectivity index (χ3v) is 5.55. The molecule has 1 atom stereocenters. The van der Waals surface area contributed by atoms with Crippen molar-refractivity contribution < 1.29 is 18.8 Å². The average Bonchev–Trinajstić information content (AvgIpc) is 3.08. The lowest BCUT2D eigenvalue weighted by Gasteiger charge is -2.31. The highest BCUT2D eigenvalue weighted by atomic mass is 19.1. The third-order valence-electron chi connectivity index (χ3n) is 5.55. The Hall–Kier alpha value is -3.68. The molecule has 2 aliphatic heterocycles. The first-order valence-electron chi connectivity index (χ1n) is 10.1. The van der Waals surface area contributed by atoms with Crippen LogP contribution in [-0.2, 0) is 16.0 Å². The molecule has 2 aromatic carbocycles. The molecule has 0 spiro atoms. The Morgan fingerprint density at radius 1 is 1.13 bits per heavy atom. The number of rotatable bonds is 6. The zero-order chi connectivity index (χ0) is 22.0. The van der Waals surface area contributed by atoms with Gasteiger partial charge in [0.2, 0.25) is 5.91 Å². The average molecular weight is 422 g/mol. The van der Waals surface area contributed by atoms with Crippen LogP contribution in [0.1, 0.15) is 17.2 Å². The predicted molar refractivity (Wildman–Crippen MR) is 112 cm³/mol. The number of hydrogen-bond donors (Lipinski definition) is 2. The predicted octanol–water partition coefficient (Wildman–Crippen LogP) is 1.98. The zero-order valence-corrected chi connectivity index (χ0v) is 17.1. The molecule has 0 saturated heterocycles. The molecule has 0 fully saturated rings. The molecule has 2 heterocycles. The number of halogens is 1. The normalized spacial score (nSPS) is 18.2. The molecule has 2 N–H and O–H groups in total. The van der Waals surface area contributed by atoms with Crippen LogP contribution in [0.2, 0.25) is 0 Å². The SMILES string of the molecule is CN1C(=O)NC(c2ccc(F)cc2)C2=C1CN(CC(=O)NCCc1ccccc1)C2=O. The van der Waals surface area contributed by atoms with E-state index in [1.165, 1.54) is 21.9 Å².